The Kier molecular flexibility index (Phi) is 12.8. The quantitative estimate of drug-likeness (QED) is 0.149. The highest BCUT2D eigenvalue weighted by Gasteiger charge is 2.47. The van der Waals surface area contributed by atoms with Gasteiger partial charge in [-0.05, 0) is 239 Å². The van der Waals surface area contributed by atoms with Crippen LogP contribution in [-0.4, -0.2) is 0 Å². The molecule has 12 atom stereocenters. The highest BCUT2D eigenvalue weighted by molar-refractivity contribution is 6.16. The average Bonchev–Trinajstić information content (AvgIpc) is 1.17. The van der Waals surface area contributed by atoms with Gasteiger partial charge in [0, 0.05) is 62.1 Å². The Balaban J connectivity index is 0.574. The zero-order valence-corrected chi connectivity index (χ0v) is 51.6. The highest BCUT2D eigenvalue weighted by Crippen LogP contribution is 2.59. The van der Waals surface area contributed by atoms with Gasteiger partial charge in [0.15, 0.2) is 0 Å². The lowest BCUT2D eigenvalue weighted by Crippen LogP contribution is -2.39. The van der Waals surface area contributed by atoms with Crippen molar-refractivity contribution in [2.75, 3.05) is 0 Å². The number of hydrogen-bond acceptors (Lipinski definition) is 2. The highest BCUT2D eigenvalue weighted by atomic mass is 16.3. The summed E-state index contributed by atoms with van der Waals surface area (Å²) in [5.74, 6) is 7.26. The standard InChI is InChI=1S/C88H78O2/c1-2-16-60-48-62(38-34-53(60)14-1)61-17-13-18-64(49-61)84-72-24-9-11-26-74(72)86(75-27-12-10-25-73(75)84)66-43-47-82-80(52-66)77-45-41-58-35-39-63(50-78(58)88(77)90-82)56-30-28-54(29-31-56)55-32-36-59(37-33-55)83-68-20-5-7-22-70(68)85(71-23-8-6-21-69(71)83)65-42-46-81-79(51-65)76-44-40-57-15-3-4-19-67(57)87(76)89-81/h1-8,11,13-17,19-20,22-23,26-28,30-33,35-36,38-39,41,43,45-48,50-54,59,61,64-65,68-69,72-73,83-84H,9-10,12,18,21,24-25,29,34,37,40,42,44,49H2. The fraction of sp³-hybridized carbons (Fsp3) is 0.295. The maximum atomic E-state index is 6.98. The third kappa shape index (κ3) is 8.70. The van der Waals surface area contributed by atoms with Crippen molar-refractivity contribution in [1.82, 2.24) is 0 Å². The van der Waals surface area contributed by atoms with Crippen LogP contribution in [0.2, 0.25) is 0 Å². The normalized spacial score (nSPS) is 30.8. The van der Waals surface area contributed by atoms with Crippen molar-refractivity contribution in [2.24, 2.45) is 71.0 Å². The van der Waals surface area contributed by atoms with Crippen LogP contribution in [0.5, 0.6) is 0 Å². The first kappa shape index (κ1) is 53.4. The van der Waals surface area contributed by atoms with Crippen LogP contribution in [0.15, 0.2) is 272 Å². The summed E-state index contributed by atoms with van der Waals surface area (Å²) < 4.78 is 13.7. The number of fused-ring (bicyclic) bond motifs is 15. The van der Waals surface area contributed by atoms with Crippen molar-refractivity contribution >= 4 is 56.0 Å². The van der Waals surface area contributed by atoms with Crippen molar-refractivity contribution in [3.05, 3.63) is 296 Å². The van der Waals surface area contributed by atoms with Gasteiger partial charge in [-0.15, -0.1) is 0 Å². The number of hydrogen-bond donors (Lipinski definition) is 0. The van der Waals surface area contributed by atoms with Crippen molar-refractivity contribution in [3.8, 4) is 11.3 Å². The zero-order chi connectivity index (χ0) is 59.0. The van der Waals surface area contributed by atoms with Gasteiger partial charge >= 0.3 is 0 Å². The number of benzene rings is 4. The van der Waals surface area contributed by atoms with Gasteiger partial charge in [-0.25, -0.2) is 0 Å². The van der Waals surface area contributed by atoms with Crippen LogP contribution in [0.1, 0.15) is 99.3 Å². The van der Waals surface area contributed by atoms with E-state index in [0.29, 0.717) is 71.0 Å². The van der Waals surface area contributed by atoms with Gasteiger partial charge in [-0.2, -0.15) is 0 Å². The zero-order valence-electron chi connectivity index (χ0n) is 51.6. The number of furan rings is 2. The molecule has 2 aromatic heterocycles. The summed E-state index contributed by atoms with van der Waals surface area (Å²) in [6.45, 7) is 0. The molecule has 0 fully saturated rings. The minimum atomic E-state index is 0.331. The summed E-state index contributed by atoms with van der Waals surface area (Å²) in [5, 5.41) is 6.20. The molecule has 6 aromatic rings. The molecule has 19 rings (SSSR count). The van der Waals surface area contributed by atoms with E-state index in [-0.39, 0.29) is 0 Å². The molecule has 13 aliphatic rings. The minimum absolute atomic E-state index is 0.331. The Bertz CT molecular complexity index is 4790. The molecular weight excluding hydrogens is 1090 g/mol. The Hall–Kier alpha value is -8.46. The van der Waals surface area contributed by atoms with E-state index in [9.17, 15) is 0 Å². The van der Waals surface area contributed by atoms with Crippen molar-refractivity contribution < 1.29 is 8.83 Å². The summed E-state index contributed by atoms with van der Waals surface area (Å²) in [7, 11) is 0. The SMILES string of the molecule is C1=CCC2C(=C1)C(C1C=c3c4c(oc3=CC1)-c1ccccc1CC4)=C1C=CC=CC1C2C1C=CC(C2C=CC(c3ccc4ccc5c6cc(C7=C8C=CCCC8C(C8CC=CC(C9=CCC%10C=CC=CC%10=C9)C8)C8CCCC=C78)ccc6oc5c4c3)=CC2)=CC1. The van der Waals surface area contributed by atoms with Crippen LogP contribution < -0.4 is 10.6 Å². The lowest BCUT2D eigenvalue weighted by molar-refractivity contribution is 0.144. The molecule has 12 unspecified atom stereocenters. The van der Waals surface area contributed by atoms with E-state index < -0.39 is 0 Å². The number of rotatable bonds is 7. The molecule has 2 nitrogen and oxygen atoms in total. The maximum absolute atomic E-state index is 6.98. The Morgan fingerprint density at radius 3 is 2.36 bits per heavy atom. The van der Waals surface area contributed by atoms with Gasteiger partial charge < -0.3 is 8.83 Å². The Morgan fingerprint density at radius 2 is 1.40 bits per heavy atom. The van der Waals surface area contributed by atoms with Crippen molar-refractivity contribution in [3.63, 3.8) is 0 Å². The van der Waals surface area contributed by atoms with Gasteiger partial charge in [-0.3, -0.25) is 0 Å². The van der Waals surface area contributed by atoms with Crippen LogP contribution in [-0.2, 0) is 12.8 Å². The van der Waals surface area contributed by atoms with Crippen LogP contribution >= 0.6 is 0 Å². The van der Waals surface area contributed by atoms with E-state index in [4.69, 9.17) is 8.83 Å². The van der Waals surface area contributed by atoms with Crippen LogP contribution in [0, 0.1) is 71.0 Å². The molecule has 4 aromatic carbocycles. The molecule has 442 valence electrons. The van der Waals surface area contributed by atoms with Crippen LogP contribution in [0.25, 0.3) is 67.3 Å². The molecule has 13 aliphatic carbocycles. The molecule has 0 amide bonds. The topological polar surface area (TPSA) is 26.3 Å². The molecule has 90 heavy (non-hydrogen) atoms. The van der Waals surface area contributed by atoms with Crippen molar-refractivity contribution in [1.29, 1.82) is 0 Å². The van der Waals surface area contributed by atoms with E-state index >= 15 is 0 Å². The Labute approximate surface area is 530 Å². The first-order valence-electron chi connectivity index (χ1n) is 34.7. The monoisotopic (exact) mass is 1170 g/mol. The van der Waals surface area contributed by atoms with E-state index in [1.54, 1.807) is 27.9 Å². The first-order valence-corrected chi connectivity index (χ1v) is 34.7. The molecule has 0 saturated heterocycles. The third-order valence-corrected chi connectivity index (χ3v) is 24.1. The van der Waals surface area contributed by atoms with Crippen molar-refractivity contribution in [2.45, 2.75) is 89.9 Å². The lowest BCUT2D eigenvalue weighted by Gasteiger charge is -2.49. The van der Waals surface area contributed by atoms with E-state index in [0.717, 1.165) is 67.3 Å². The molecule has 2 heteroatoms. The first-order chi connectivity index (χ1) is 44.6. The molecule has 0 bridgehead atoms. The second-order valence-electron chi connectivity index (χ2n) is 28.6. The molecular formula is C88H78O2. The summed E-state index contributed by atoms with van der Waals surface area (Å²) in [6.07, 6.45) is 80.2. The average molecular weight is 1170 g/mol. The lowest BCUT2D eigenvalue weighted by atomic mass is 9.55. The molecule has 0 spiro atoms. The van der Waals surface area contributed by atoms with E-state index in [2.05, 4.69) is 231 Å². The van der Waals surface area contributed by atoms with E-state index in [1.807, 2.05) is 0 Å². The fourth-order valence-corrected chi connectivity index (χ4v) is 20.0. The van der Waals surface area contributed by atoms with Gasteiger partial charge in [-0.1, -0.05) is 200 Å². The molecule has 2 heterocycles. The Morgan fingerprint density at radius 1 is 0.511 bits per heavy atom. The second kappa shape index (κ2) is 21.6. The predicted molar refractivity (Wildman–Crippen MR) is 373 cm³/mol. The molecule has 0 aliphatic heterocycles. The predicted octanol–water partition coefficient (Wildman–Crippen LogP) is 20.7. The number of allylic oxidation sites excluding steroid dienone is 34. The van der Waals surface area contributed by atoms with Gasteiger partial charge in [0.1, 0.15) is 22.3 Å². The molecule has 0 radical (unpaired) electrons. The third-order valence-electron chi connectivity index (χ3n) is 24.1. The summed E-state index contributed by atoms with van der Waals surface area (Å²) in [5.41, 5.74) is 25.0. The van der Waals surface area contributed by atoms with Gasteiger partial charge in [0.2, 0.25) is 0 Å². The molecule has 0 N–H and O–H groups in total. The molecule has 0 saturated carbocycles. The van der Waals surface area contributed by atoms with Gasteiger partial charge in [0.05, 0.1) is 0 Å². The summed E-state index contributed by atoms with van der Waals surface area (Å²) in [4.78, 5) is 0. The fourth-order valence-electron chi connectivity index (χ4n) is 20.0. The number of aryl methyl sites for hydroxylation is 1. The summed E-state index contributed by atoms with van der Waals surface area (Å²) in [6, 6.07) is 27.7. The largest absolute Gasteiger partial charge is 0.456 e. The van der Waals surface area contributed by atoms with Gasteiger partial charge in [0.25, 0.3) is 0 Å². The smallest absolute Gasteiger partial charge is 0.143 e. The van der Waals surface area contributed by atoms with Crippen LogP contribution in [0.3, 0.4) is 0 Å². The summed E-state index contributed by atoms with van der Waals surface area (Å²) >= 11 is 0. The second-order valence-corrected chi connectivity index (χ2v) is 28.6. The maximum Gasteiger partial charge on any atom is 0.143 e. The minimum Gasteiger partial charge on any atom is -0.456 e. The van der Waals surface area contributed by atoms with Crippen LogP contribution in [0.4, 0.5) is 0 Å². The van der Waals surface area contributed by atoms with E-state index in [1.165, 1.54) is 127 Å².